The predicted molar refractivity (Wildman–Crippen MR) is 197 cm³/mol. The molecule has 0 aliphatic carbocycles. The van der Waals surface area contributed by atoms with Gasteiger partial charge in [0.25, 0.3) is 17.7 Å². The molecule has 0 unspecified atom stereocenters. The number of likely N-dealkylation sites (N-methyl/N-ethyl adjacent to an activating group) is 1. The molecule has 0 bridgehead atoms. The average molecular weight is 685 g/mol. The maximum absolute atomic E-state index is 13.7. The number of carbonyl (C=O) groups excluding carboxylic acids is 3. The normalized spacial score (nSPS) is 12.6. The van der Waals surface area contributed by atoms with Crippen molar-refractivity contribution in [1.29, 1.82) is 0 Å². The summed E-state index contributed by atoms with van der Waals surface area (Å²) in [4.78, 5) is 53.1. The molecule has 10 heteroatoms. The Morgan fingerprint density at radius 3 is 2.35 bits per heavy atom. The van der Waals surface area contributed by atoms with Crippen molar-refractivity contribution < 1.29 is 18.8 Å². The minimum Gasteiger partial charge on any atom is -0.372 e. The Kier molecular flexibility index (Phi) is 11.4. The van der Waals surface area contributed by atoms with Gasteiger partial charge in [-0.05, 0) is 91.1 Å². The number of rotatable bonds is 12. The summed E-state index contributed by atoms with van der Waals surface area (Å²) in [7, 11) is 1.74. The maximum atomic E-state index is 13.7. The summed E-state index contributed by atoms with van der Waals surface area (Å²) in [5.74, 6) is -0.868. The van der Waals surface area contributed by atoms with Gasteiger partial charge in [0, 0.05) is 85.7 Å². The van der Waals surface area contributed by atoms with E-state index in [1.165, 1.54) is 6.42 Å². The van der Waals surface area contributed by atoms with Gasteiger partial charge in [-0.2, -0.15) is 0 Å². The van der Waals surface area contributed by atoms with Gasteiger partial charge in [0.2, 0.25) is 0 Å². The van der Waals surface area contributed by atoms with Crippen LogP contribution in [0.3, 0.4) is 0 Å². The Hall–Kier alpha value is -5.90. The van der Waals surface area contributed by atoms with Crippen LogP contribution in [-0.4, -0.2) is 59.3 Å². The number of pyridine rings is 2. The van der Waals surface area contributed by atoms with Crippen LogP contribution in [0.15, 0.2) is 109 Å². The molecule has 3 aromatic carbocycles. The molecule has 51 heavy (non-hydrogen) atoms. The highest BCUT2D eigenvalue weighted by Gasteiger charge is 2.19. The third-order valence-electron chi connectivity index (χ3n) is 9.02. The lowest BCUT2D eigenvalue weighted by Gasteiger charge is -2.29. The zero-order chi connectivity index (χ0) is 35.6. The van der Waals surface area contributed by atoms with Crippen LogP contribution >= 0.6 is 0 Å². The van der Waals surface area contributed by atoms with Crippen molar-refractivity contribution in [3.05, 3.63) is 143 Å². The first-order chi connectivity index (χ1) is 24.9. The standard InChI is InChI=1S/C41H41FN6O3/c1-47(22-17-34-13-3-4-18-43-34)41(51)33-12-8-11-31(24-33)40(50)46-37-15-14-35(48-20-5-2-6-21-48)26-36(37)38-25-32(16-19-44-38)39(49)45-28-30-10-7-9-29(23-30)27-42/h3-4,7-16,18-19,23-26H,2,5-6,17,20-22,27-28H2,1H3,(H,45,49)(H,46,50). The van der Waals surface area contributed by atoms with E-state index in [9.17, 15) is 18.8 Å². The van der Waals surface area contributed by atoms with Crippen molar-refractivity contribution in [1.82, 2.24) is 20.2 Å². The van der Waals surface area contributed by atoms with E-state index in [0.717, 1.165) is 42.9 Å². The molecule has 0 saturated carbocycles. The fourth-order valence-corrected chi connectivity index (χ4v) is 6.17. The second-order valence-electron chi connectivity index (χ2n) is 12.7. The van der Waals surface area contributed by atoms with Crippen molar-refractivity contribution in [2.45, 2.75) is 38.9 Å². The molecule has 0 spiro atoms. The highest BCUT2D eigenvalue weighted by molar-refractivity contribution is 6.08. The first-order valence-electron chi connectivity index (χ1n) is 17.2. The van der Waals surface area contributed by atoms with Gasteiger partial charge in [-0.15, -0.1) is 0 Å². The van der Waals surface area contributed by atoms with E-state index in [2.05, 4.69) is 25.5 Å². The molecular formula is C41H41FN6O3. The van der Waals surface area contributed by atoms with Crippen LogP contribution in [0.2, 0.25) is 0 Å². The predicted octanol–water partition coefficient (Wildman–Crippen LogP) is 7.10. The van der Waals surface area contributed by atoms with E-state index < -0.39 is 6.67 Å². The molecule has 3 amide bonds. The molecule has 5 aromatic rings. The number of carbonyl (C=O) groups is 3. The fourth-order valence-electron chi connectivity index (χ4n) is 6.17. The lowest BCUT2D eigenvalue weighted by Crippen LogP contribution is -2.29. The highest BCUT2D eigenvalue weighted by Crippen LogP contribution is 2.33. The molecule has 2 N–H and O–H groups in total. The molecule has 1 fully saturated rings. The Bertz CT molecular complexity index is 2000. The Morgan fingerprint density at radius 1 is 0.765 bits per heavy atom. The summed E-state index contributed by atoms with van der Waals surface area (Å²) in [6, 6.07) is 28.6. The summed E-state index contributed by atoms with van der Waals surface area (Å²) >= 11 is 0. The van der Waals surface area contributed by atoms with Gasteiger partial charge in [0.15, 0.2) is 0 Å². The van der Waals surface area contributed by atoms with Crippen molar-refractivity contribution in [2.75, 3.05) is 36.9 Å². The first-order valence-corrected chi connectivity index (χ1v) is 17.2. The summed E-state index contributed by atoms with van der Waals surface area (Å²) in [5.41, 5.74) is 6.12. The van der Waals surface area contributed by atoms with E-state index in [-0.39, 0.29) is 24.3 Å². The monoisotopic (exact) mass is 684 g/mol. The number of benzene rings is 3. The summed E-state index contributed by atoms with van der Waals surface area (Å²) < 4.78 is 13.1. The number of aromatic nitrogens is 2. The quantitative estimate of drug-likeness (QED) is 0.145. The van der Waals surface area contributed by atoms with Gasteiger partial charge in [-0.3, -0.25) is 24.4 Å². The number of piperidine rings is 1. The second kappa shape index (κ2) is 16.7. The molecule has 1 aliphatic heterocycles. The highest BCUT2D eigenvalue weighted by atomic mass is 19.1. The van der Waals surface area contributed by atoms with E-state index >= 15 is 0 Å². The average Bonchev–Trinajstić information content (AvgIpc) is 3.19. The molecule has 0 atom stereocenters. The molecule has 9 nitrogen and oxygen atoms in total. The van der Waals surface area contributed by atoms with Crippen molar-refractivity contribution in [3.8, 4) is 11.3 Å². The molecule has 1 saturated heterocycles. The Balaban J connectivity index is 1.22. The van der Waals surface area contributed by atoms with Crippen LogP contribution in [0.25, 0.3) is 11.3 Å². The van der Waals surface area contributed by atoms with Crippen LogP contribution in [0.5, 0.6) is 0 Å². The maximum Gasteiger partial charge on any atom is 0.255 e. The number of hydrogen-bond donors (Lipinski definition) is 2. The largest absolute Gasteiger partial charge is 0.372 e. The summed E-state index contributed by atoms with van der Waals surface area (Å²) in [5, 5.41) is 5.96. The number of halogens is 1. The lowest BCUT2D eigenvalue weighted by atomic mass is 10.0. The van der Waals surface area contributed by atoms with E-state index in [4.69, 9.17) is 0 Å². The third kappa shape index (κ3) is 9.02. The molecule has 2 aromatic heterocycles. The molecule has 1 aliphatic rings. The minimum absolute atomic E-state index is 0.193. The van der Waals surface area contributed by atoms with E-state index in [0.29, 0.717) is 52.2 Å². The van der Waals surface area contributed by atoms with Gasteiger partial charge in [-0.1, -0.05) is 36.4 Å². The van der Waals surface area contributed by atoms with Gasteiger partial charge in [0.05, 0.1) is 11.4 Å². The fraction of sp³-hybridized carbons (Fsp3) is 0.244. The van der Waals surface area contributed by atoms with Crippen LogP contribution in [0.4, 0.5) is 15.8 Å². The smallest absolute Gasteiger partial charge is 0.255 e. The minimum atomic E-state index is -0.570. The van der Waals surface area contributed by atoms with Crippen LogP contribution in [-0.2, 0) is 19.6 Å². The summed E-state index contributed by atoms with van der Waals surface area (Å²) in [6.45, 7) is 2.02. The third-order valence-corrected chi connectivity index (χ3v) is 9.02. The second-order valence-corrected chi connectivity index (χ2v) is 12.7. The topological polar surface area (TPSA) is 108 Å². The van der Waals surface area contributed by atoms with Crippen LogP contribution in [0.1, 0.15) is 67.2 Å². The first kappa shape index (κ1) is 34.9. The molecule has 6 rings (SSSR count). The number of anilines is 2. The van der Waals surface area contributed by atoms with Gasteiger partial charge < -0.3 is 20.4 Å². The van der Waals surface area contributed by atoms with Crippen molar-refractivity contribution >= 4 is 29.1 Å². The number of nitrogens with zero attached hydrogens (tertiary/aromatic N) is 4. The van der Waals surface area contributed by atoms with Gasteiger partial charge in [-0.25, -0.2) is 4.39 Å². The van der Waals surface area contributed by atoms with E-state index in [1.807, 2.05) is 42.5 Å². The summed E-state index contributed by atoms with van der Waals surface area (Å²) in [6.07, 6.45) is 7.31. The van der Waals surface area contributed by atoms with Gasteiger partial charge >= 0.3 is 0 Å². The Labute approximate surface area is 297 Å². The molecular weight excluding hydrogens is 643 g/mol. The Morgan fingerprint density at radius 2 is 1.55 bits per heavy atom. The SMILES string of the molecule is CN(CCc1ccccn1)C(=O)c1cccc(C(=O)Nc2ccc(N3CCCCC3)cc2-c2cc(C(=O)NCc3cccc(CF)c3)ccn2)c1. The molecule has 3 heterocycles. The number of alkyl halides is 1. The number of amides is 3. The van der Waals surface area contributed by atoms with Crippen molar-refractivity contribution in [2.24, 2.45) is 0 Å². The van der Waals surface area contributed by atoms with Crippen LogP contribution < -0.4 is 15.5 Å². The zero-order valence-electron chi connectivity index (χ0n) is 28.6. The molecule has 0 radical (unpaired) electrons. The molecule has 260 valence electrons. The number of hydrogen-bond acceptors (Lipinski definition) is 6. The zero-order valence-corrected chi connectivity index (χ0v) is 28.6. The van der Waals surface area contributed by atoms with Gasteiger partial charge in [0.1, 0.15) is 6.67 Å². The van der Waals surface area contributed by atoms with Crippen LogP contribution in [0, 0.1) is 0 Å². The van der Waals surface area contributed by atoms with Crippen molar-refractivity contribution in [3.63, 3.8) is 0 Å². The lowest BCUT2D eigenvalue weighted by molar-refractivity contribution is 0.0796. The van der Waals surface area contributed by atoms with E-state index in [1.54, 1.807) is 78.9 Å². The number of nitrogens with one attached hydrogen (secondary N) is 2.